The highest BCUT2D eigenvalue weighted by atomic mass is 16.4. The number of carbonyl (C=O) groups excluding carboxylic acids is 8. The van der Waals surface area contributed by atoms with E-state index in [1.807, 2.05) is 0 Å². The van der Waals surface area contributed by atoms with Crippen LogP contribution in [-0.4, -0.2) is 148 Å². The number of carbonyl (C=O) groups is 9. The summed E-state index contributed by atoms with van der Waals surface area (Å²) < 4.78 is 0. The fraction of sp³-hybridized carbons (Fsp3) is 0.579. The number of aromatic hydroxyl groups is 1. The van der Waals surface area contributed by atoms with Crippen molar-refractivity contribution in [1.82, 2.24) is 36.8 Å². The Morgan fingerprint density at radius 3 is 1.95 bits per heavy atom. The molecule has 1 aliphatic heterocycles. The van der Waals surface area contributed by atoms with Crippen molar-refractivity contribution in [2.75, 3.05) is 32.8 Å². The number of nitrogens with zero attached hydrogens (tertiary/aromatic N) is 2. The minimum atomic E-state index is -1.51. The van der Waals surface area contributed by atoms with Gasteiger partial charge in [-0.3, -0.25) is 43.3 Å². The molecular formula is C38H60N12O12. The third-order valence-electron chi connectivity index (χ3n) is 9.51. The van der Waals surface area contributed by atoms with Crippen molar-refractivity contribution >= 4 is 59.2 Å². The van der Waals surface area contributed by atoms with E-state index in [4.69, 9.17) is 22.9 Å². The first kappa shape index (κ1) is 51.6. The van der Waals surface area contributed by atoms with Gasteiger partial charge in [-0.15, -0.1) is 0 Å². The molecule has 0 bridgehead atoms. The van der Waals surface area contributed by atoms with E-state index in [2.05, 4.69) is 36.9 Å². The molecule has 344 valence electrons. The van der Waals surface area contributed by atoms with Gasteiger partial charge >= 0.3 is 5.97 Å². The van der Waals surface area contributed by atoms with Gasteiger partial charge in [-0.25, -0.2) is 4.79 Å². The average molecular weight is 877 g/mol. The van der Waals surface area contributed by atoms with E-state index in [0.717, 1.165) is 4.90 Å². The first-order valence-corrected chi connectivity index (χ1v) is 20.0. The van der Waals surface area contributed by atoms with Gasteiger partial charge in [-0.2, -0.15) is 0 Å². The summed E-state index contributed by atoms with van der Waals surface area (Å²) in [6.45, 7) is 1.95. The predicted octanol–water partition coefficient (Wildman–Crippen LogP) is -5.13. The van der Waals surface area contributed by atoms with E-state index in [9.17, 15) is 58.5 Å². The number of likely N-dealkylation sites (tertiary alicyclic amines) is 1. The first-order chi connectivity index (χ1) is 29.2. The van der Waals surface area contributed by atoms with E-state index in [0.29, 0.717) is 12.0 Å². The summed E-state index contributed by atoms with van der Waals surface area (Å²) >= 11 is 0. The number of hydrogen-bond acceptors (Lipinski definition) is 13. The molecule has 1 aliphatic rings. The molecule has 62 heavy (non-hydrogen) atoms. The number of carboxylic acids is 1. The van der Waals surface area contributed by atoms with Crippen LogP contribution in [0.4, 0.5) is 0 Å². The second-order valence-corrected chi connectivity index (χ2v) is 15.0. The zero-order chi connectivity index (χ0) is 46.5. The van der Waals surface area contributed by atoms with Gasteiger partial charge in [0.1, 0.15) is 42.0 Å². The Hall–Kier alpha value is -6.56. The van der Waals surface area contributed by atoms with Crippen LogP contribution in [0.15, 0.2) is 29.3 Å². The van der Waals surface area contributed by atoms with Gasteiger partial charge in [0.15, 0.2) is 5.96 Å². The highest BCUT2D eigenvalue weighted by Gasteiger charge is 2.39. The number of aliphatic carboxylic acids is 1. The third-order valence-corrected chi connectivity index (χ3v) is 9.51. The van der Waals surface area contributed by atoms with Crippen molar-refractivity contribution in [2.24, 2.45) is 33.8 Å². The molecule has 0 radical (unpaired) electrons. The van der Waals surface area contributed by atoms with Gasteiger partial charge < -0.3 is 75.1 Å². The highest BCUT2D eigenvalue weighted by molar-refractivity contribution is 5.97. The number of nitrogens with two attached hydrogens (primary N) is 4. The minimum absolute atomic E-state index is 0.0282. The maximum absolute atomic E-state index is 14.0. The summed E-state index contributed by atoms with van der Waals surface area (Å²) in [6.07, 6.45) is -0.306. The second kappa shape index (κ2) is 25.9. The van der Waals surface area contributed by atoms with E-state index in [1.165, 1.54) is 24.3 Å². The lowest BCUT2D eigenvalue weighted by Gasteiger charge is -2.30. The van der Waals surface area contributed by atoms with Crippen LogP contribution in [0.5, 0.6) is 5.75 Å². The van der Waals surface area contributed by atoms with Gasteiger partial charge in [-0.05, 0) is 62.1 Å². The number of phenolic OH excluding ortho intramolecular Hbond substituents is 1. The fourth-order valence-corrected chi connectivity index (χ4v) is 6.37. The van der Waals surface area contributed by atoms with Gasteiger partial charge in [0.2, 0.25) is 47.3 Å². The van der Waals surface area contributed by atoms with E-state index in [1.54, 1.807) is 13.8 Å². The summed E-state index contributed by atoms with van der Waals surface area (Å²) in [7, 11) is 0. The zero-order valence-corrected chi connectivity index (χ0v) is 34.8. The summed E-state index contributed by atoms with van der Waals surface area (Å²) in [4.78, 5) is 121. The van der Waals surface area contributed by atoms with Crippen LogP contribution < -0.4 is 54.8 Å². The van der Waals surface area contributed by atoms with Crippen molar-refractivity contribution in [2.45, 2.75) is 101 Å². The molecule has 1 fully saturated rings. The van der Waals surface area contributed by atoms with Gasteiger partial charge in [0, 0.05) is 25.9 Å². The van der Waals surface area contributed by atoms with Crippen LogP contribution in [0.25, 0.3) is 0 Å². The maximum Gasteiger partial charge on any atom is 0.326 e. The molecule has 24 heteroatoms. The highest BCUT2D eigenvalue weighted by Crippen LogP contribution is 2.20. The van der Waals surface area contributed by atoms with Gasteiger partial charge in [0.25, 0.3) is 0 Å². The predicted molar refractivity (Wildman–Crippen MR) is 221 cm³/mol. The Morgan fingerprint density at radius 2 is 1.40 bits per heavy atom. The van der Waals surface area contributed by atoms with Gasteiger partial charge in [0.05, 0.1) is 19.7 Å². The number of amides is 8. The molecule has 2 rings (SSSR count). The zero-order valence-electron chi connectivity index (χ0n) is 34.8. The Balaban J connectivity index is 2.31. The Kier molecular flexibility index (Phi) is 21.6. The van der Waals surface area contributed by atoms with E-state index in [-0.39, 0.29) is 75.8 Å². The topological polar surface area (TPSA) is 406 Å². The lowest BCUT2D eigenvalue weighted by atomic mass is 10.0. The van der Waals surface area contributed by atoms with Crippen molar-refractivity contribution in [3.8, 4) is 5.75 Å². The largest absolute Gasteiger partial charge is 0.508 e. The van der Waals surface area contributed by atoms with Crippen LogP contribution in [0.1, 0.15) is 64.4 Å². The first-order valence-electron chi connectivity index (χ1n) is 20.0. The average Bonchev–Trinajstić information content (AvgIpc) is 3.71. The monoisotopic (exact) mass is 876 g/mol. The molecular weight excluding hydrogens is 816 g/mol. The molecule has 1 heterocycles. The quantitative estimate of drug-likeness (QED) is 0.0235. The number of phenols is 1. The van der Waals surface area contributed by atoms with Crippen LogP contribution >= 0.6 is 0 Å². The number of benzene rings is 1. The molecule has 1 aromatic carbocycles. The molecule has 0 unspecified atom stereocenters. The lowest BCUT2D eigenvalue weighted by Crippen LogP contribution is -2.60. The minimum Gasteiger partial charge on any atom is -0.508 e. The number of carboxylic acid groups (broad SMARTS) is 1. The molecule has 0 aromatic heterocycles. The molecule has 8 amide bonds. The molecule has 0 saturated carbocycles. The van der Waals surface area contributed by atoms with Crippen molar-refractivity contribution in [3.05, 3.63) is 29.8 Å². The summed E-state index contributed by atoms with van der Waals surface area (Å²) in [6, 6.07) is -2.64. The van der Waals surface area contributed by atoms with Crippen molar-refractivity contribution in [1.29, 1.82) is 0 Å². The van der Waals surface area contributed by atoms with Crippen molar-refractivity contribution < 1.29 is 58.5 Å². The van der Waals surface area contributed by atoms with Crippen LogP contribution in [0, 0.1) is 5.92 Å². The van der Waals surface area contributed by atoms with E-state index < -0.39 is 109 Å². The van der Waals surface area contributed by atoms with Crippen LogP contribution in [0.2, 0.25) is 0 Å². The number of rotatable bonds is 26. The Morgan fingerprint density at radius 1 is 0.806 bits per heavy atom. The molecule has 1 saturated heterocycles. The molecule has 6 atom stereocenters. The Labute approximate surface area is 357 Å². The molecule has 0 aliphatic carbocycles. The van der Waals surface area contributed by atoms with E-state index >= 15 is 0 Å². The number of guanidine groups is 1. The van der Waals surface area contributed by atoms with Crippen LogP contribution in [-0.2, 0) is 49.6 Å². The summed E-state index contributed by atoms with van der Waals surface area (Å²) in [5, 5.41) is 44.0. The molecule has 0 spiro atoms. The van der Waals surface area contributed by atoms with Crippen LogP contribution in [0.3, 0.4) is 0 Å². The number of aliphatic hydroxyl groups excluding tert-OH is 1. The maximum atomic E-state index is 14.0. The number of hydrogen-bond donors (Lipinski definition) is 13. The third kappa shape index (κ3) is 18.0. The Bertz CT molecular complexity index is 1770. The molecule has 1 aromatic rings. The number of aliphatic hydroxyl groups is 1. The normalized spacial score (nSPS) is 15.8. The molecule has 24 nitrogen and oxygen atoms in total. The second-order valence-electron chi connectivity index (χ2n) is 15.0. The lowest BCUT2D eigenvalue weighted by molar-refractivity contribution is -0.143. The molecule has 17 N–H and O–H groups in total. The standard InChI is InChI=1S/C38H60N12O12/c1-20(2)15-25(48-35(59)28-6-4-14-50(28)36(60)27(19-51)45-31(55)18-44-30(54)17-39)34(58)46-23(5-3-13-43-38(41)42)32(56)47-24(11-12-29(40)53)33(57)49-26(37(61)62)16-21-7-9-22(52)10-8-21/h7-10,20,23-28,51-52H,3-6,11-19,39H2,1-2H3,(H2,40,53)(H,44,54)(H,45,55)(H,46,58)(H,47,56)(H,48,59)(H,49,57)(H,61,62)(H4,41,42,43)/t23-,24-,25-,26-,27-,28-/m0/s1. The summed E-state index contributed by atoms with van der Waals surface area (Å²) in [5.41, 5.74) is 21.9. The number of aliphatic imine (C=N–C) groups is 1. The van der Waals surface area contributed by atoms with Gasteiger partial charge in [-0.1, -0.05) is 26.0 Å². The number of primary amides is 1. The fourth-order valence-electron chi connectivity index (χ4n) is 6.37. The SMILES string of the molecule is CC(C)C[C@H](NC(=O)[C@@H]1CCCN1C(=O)[C@H](CO)NC(=O)CNC(=O)CN)C(=O)N[C@@H](CCCN=C(N)N)C(=O)N[C@@H](CCC(N)=O)C(=O)N[C@@H](Cc1ccc(O)cc1)C(=O)O. The number of nitrogens with one attached hydrogen (secondary N) is 6. The smallest absolute Gasteiger partial charge is 0.326 e. The van der Waals surface area contributed by atoms with Crippen molar-refractivity contribution in [3.63, 3.8) is 0 Å². The summed E-state index contributed by atoms with van der Waals surface area (Å²) in [5.74, 6) is -8.36.